The molecule has 7 heterocycles. The van der Waals surface area contributed by atoms with E-state index in [1.807, 2.05) is 67.3 Å². The van der Waals surface area contributed by atoms with Crippen LogP contribution in [0.1, 0.15) is 0 Å². The second-order valence-corrected chi connectivity index (χ2v) is 35.2. The van der Waals surface area contributed by atoms with Gasteiger partial charge in [0.05, 0.1) is 22.1 Å². The maximum atomic E-state index is 5.28. The second kappa shape index (κ2) is 37.0. The summed E-state index contributed by atoms with van der Waals surface area (Å²) in [5.41, 5.74) is 23.4. The first kappa shape index (κ1) is 84.4. The molecule has 0 bridgehead atoms. The Morgan fingerprint density at radius 1 is 0.120 bits per heavy atom. The minimum atomic E-state index is 0.613. The first-order chi connectivity index (χ1) is 70.3. The van der Waals surface area contributed by atoms with E-state index < -0.39 is 0 Å². The molecule has 0 saturated carbocycles. The molecule has 0 fully saturated rings. The normalized spacial score (nSPS) is 11.4. The molecule has 0 unspecified atom stereocenters. The number of pyridine rings is 4. The van der Waals surface area contributed by atoms with Gasteiger partial charge in [0.1, 0.15) is 0 Å². The summed E-state index contributed by atoms with van der Waals surface area (Å²) in [5.74, 6) is 5.70. The highest BCUT2D eigenvalue weighted by Gasteiger charge is 2.23. The molecule has 142 heavy (non-hydrogen) atoms. The molecule has 0 aliphatic carbocycles. The number of hydrogen-bond donors (Lipinski definition) is 0. The molecule has 0 saturated heterocycles. The molecule has 0 spiro atoms. The molecule has 13 heteroatoms. The Kier molecular flexibility index (Phi) is 22.0. The molecule has 0 aliphatic heterocycles. The molecule has 0 N–H and O–H groups in total. The van der Waals surface area contributed by atoms with Crippen molar-refractivity contribution in [3.05, 3.63) is 492 Å². The quantitative estimate of drug-likeness (QED) is 0.0944. The first-order valence-electron chi connectivity index (χ1n) is 47.4. The third-order valence-electron chi connectivity index (χ3n) is 26.5. The van der Waals surface area contributed by atoms with Crippen LogP contribution in [0.25, 0.3) is 266 Å². The van der Waals surface area contributed by atoms with Crippen LogP contribution in [0.2, 0.25) is 0 Å². The van der Waals surface area contributed by atoms with Crippen molar-refractivity contribution in [3.8, 4) is 158 Å². The highest BCUT2D eigenvalue weighted by Crippen LogP contribution is 2.42. The SMILES string of the molecule is c1ccc(-c2ccc(-c3nc(-c4ccc(-c5cccc6cccnc56)cc4)nc(-c4ccc(-c5cccc6cccnc56)cc4)n3)cc2)cc1.c1ccc2cc(-c3nc(-c4ccc(-c5cccc6cccnc56)cc4)nc(-c4ccc5ccccc5c4)n3)ccc2c1.c1ccc2ncc(-c3ccc(-c4nc(-c5cc6ccccc6c6ccccc56)nc(-c5cc6ccccc6c6ccccc56)n4)cc3)cc2c1. The summed E-state index contributed by atoms with van der Waals surface area (Å²) in [7, 11) is 0. The van der Waals surface area contributed by atoms with Gasteiger partial charge in [-0.25, -0.2) is 44.9 Å². The molecule has 13 nitrogen and oxygen atoms in total. The van der Waals surface area contributed by atoms with Gasteiger partial charge in [0, 0.05) is 119 Å². The van der Waals surface area contributed by atoms with Crippen molar-refractivity contribution in [2.24, 2.45) is 0 Å². The lowest BCUT2D eigenvalue weighted by Gasteiger charge is -2.14. The Bertz CT molecular complexity index is 9150. The van der Waals surface area contributed by atoms with E-state index in [4.69, 9.17) is 44.9 Å². The monoisotopic (exact) mass is 1810 g/mol. The molecule has 0 atom stereocenters. The lowest BCUT2D eigenvalue weighted by Crippen LogP contribution is -2.01. The molecule has 0 amide bonds. The van der Waals surface area contributed by atoms with Gasteiger partial charge >= 0.3 is 0 Å². The van der Waals surface area contributed by atoms with Crippen LogP contribution in [0, 0.1) is 0 Å². The predicted octanol–water partition coefficient (Wildman–Crippen LogP) is 32.1. The van der Waals surface area contributed by atoms with Gasteiger partial charge in [-0.1, -0.05) is 413 Å². The molecule has 0 radical (unpaired) electrons. The van der Waals surface area contributed by atoms with Crippen molar-refractivity contribution in [2.75, 3.05) is 0 Å². The van der Waals surface area contributed by atoms with E-state index in [0.717, 1.165) is 176 Å². The molecule has 7 aromatic heterocycles. The molecule has 0 aliphatic rings. The van der Waals surface area contributed by atoms with Crippen molar-refractivity contribution in [3.63, 3.8) is 0 Å². The van der Waals surface area contributed by atoms with E-state index in [9.17, 15) is 0 Å². The van der Waals surface area contributed by atoms with Crippen LogP contribution < -0.4 is 0 Å². The van der Waals surface area contributed by atoms with E-state index in [1.165, 1.54) is 37.9 Å². The third-order valence-corrected chi connectivity index (χ3v) is 26.5. The van der Waals surface area contributed by atoms with E-state index >= 15 is 0 Å². The van der Waals surface area contributed by atoms with Crippen molar-refractivity contribution in [1.82, 2.24) is 64.8 Å². The van der Waals surface area contributed by atoms with Crippen LogP contribution in [0.4, 0.5) is 0 Å². The van der Waals surface area contributed by atoms with Gasteiger partial charge in [0.15, 0.2) is 52.4 Å². The third kappa shape index (κ3) is 16.7. The van der Waals surface area contributed by atoms with Gasteiger partial charge in [-0.3, -0.25) is 19.9 Å². The van der Waals surface area contributed by atoms with Crippen LogP contribution in [-0.2, 0) is 0 Å². The molecular weight excluding hydrogens is 1730 g/mol. The summed E-state index contributed by atoms with van der Waals surface area (Å²) < 4.78 is 0. The maximum Gasteiger partial charge on any atom is 0.164 e. The summed E-state index contributed by atoms with van der Waals surface area (Å²) in [6.45, 7) is 0. The van der Waals surface area contributed by atoms with Gasteiger partial charge in [0.25, 0.3) is 0 Å². The average molecular weight is 1810 g/mol. The zero-order valence-electron chi connectivity index (χ0n) is 76.6. The van der Waals surface area contributed by atoms with Crippen molar-refractivity contribution in [2.45, 2.75) is 0 Å². The van der Waals surface area contributed by atoms with Gasteiger partial charge in [-0.05, 0) is 153 Å². The molecule has 27 rings (SSSR count). The molecule has 27 aromatic rings. The largest absolute Gasteiger partial charge is 0.256 e. The van der Waals surface area contributed by atoms with Crippen LogP contribution in [0.5, 0.6) is 0 Å². The van der Waals surface area contributed by atoms with Crippen molar-refractivity contribution < 1.29 is 0 Å². The highest BCUT2D eigenvalue weighted by molar-refractivity contribution is 6.15. The Morgan fingerprint density at radius 3 is 0.775 bits per heavy atom. The number of aromatic nitrogens is 13. The van der Waals surface area contributed by atoms with Crippen LogP contribution in [-0.4, -0.2) is 64.8 Å². The van der Waals surface area contributed by atoms with Crippen molar-refractivity contribution >= 4 is 108 Å². The highest BCUT2D eigenvalue weighted by atomic mass is 15.1. The number of hydrogen-bond acceptors (Lipinski definition) is 13. The van der Waals surface area contributed by atoms with Crippen LogP contribution in [0.3, 0.4) is 0 Å². The van der Waals surface area contributed by atoms with Gasteiger partial charge in [-0.2, -0.15) is 0 Å². The smallest absolute Gasteiger partial charge is 0.164 e. The van der Waals surface area contributed by atoms with E-state index in [2.05, 4.69) is 445 Å². The lowest BCUT2D eigenvalue weighted by molar-refractivity contribution is 1.07. The Balaban J connectivity index is 0.000000112. The fourth-order valence-corrected chi connectivity index (χ4v) is 19.3. The molecule has 20 aromatic carbocycles. The minimum Gasteiger partial charge on any atom is -0.256 e. The van der Waals surface area contributed by atoms with Crippen molar-refractivity contribution in [1.29, 1.82) is 0 Å². The van der Waals surface area contributed by atoms with Gasteiger partial charge < -0.3 is 0 Å². The van der Waals surface area contributed by atoms with Crippen LogP contribution in [0.15, 0.2) is 492 Å². The zero-order chi connectivity index (χ0) is 94.2. The average Bonchev–Trinajstić information content (AvgIpc) is 0.745. The summed E-state index contributed by atoms with van der Waals surface area (Å²) in [6, 6.07) is 162. The van der Waals surface area contributed by atoms with E-state index in [-0.39, 0.29) is 0 Å². The summed E-state index contributed by atoms with van der Waals surface area (Å²) in [4.78, 5) is 64.3. The Hall–Kier alpha value is -19.4. The Morgan fingerprint density at radius 2 is 0.380 bits per heavy atom. The molecule has 662 valence electrons. The van der Waals surface area contributed by atoms with Gasteiger partial charge in [0.2, 0.25) is 0 Å². The standard InChI is InChI=1S/C46H28N4.C45H29N5.C38H24N4/c1-4-14-35-31(11-1)26-41(39-18-8-6-16-37(35)39)45-48-44(30-23-21-29(22-24-30)34-25-33-13-3-10-20-43(33)47-28-34)49-46(50-45)42-27-32-12-2-5-15-36(32)38-17-7-9-19-40(38)42;1-2-8-30(9-3-1)31-16-22-36(23-17-31)43-48-44(37-24-18-32(19-25-37)39-14-4-10-34-12-6-28-46-41(34)39)50-45(49-43)38-26-20-33(21-27-38)40-15-5-11-35-13-7-29-47-42(35)40;1-3-9-30-23-32(20-14-25(30)7-1)37-40-36(41-38(42-37)33-21-15-26-8-2-4-10-31(26)24-33)29-18-16-27(17-19-29)34-13-5-11-28-12-6-22-39-35(28)34/h1-28H;1-29H;1-24H. The Labute approximate surface area is 817 Å². The van der Waals surface area contributed by atoms with Crippen LogP contribution >= 0.6 is 0 Å². The topological polar surface area (TPSA) is 168 Å². The number of rotatable bonds is 14. The summed E-state index contributed by atoms with van der Waals surface area (Å²) in [5, 5.41) is 18.4. The first-order valence-corrected chi connectivity index (χ1v) is 47.4. The predicted molar refractivity (Wildman–Crippen MR) is 582 cm³/mol. The lowest BCUT2D eigenvalue weighted by atomic mass is 9.96. The zero-order valence-corrected chi connectivity index (χ0v) is 76.6. The second-order valence-electron chi connectivity index (χ2n) is 35.2. The number of nitrogens with zero attached hydrogens (tertiary/aromatic N) is 13. The number of fused-ring (bicyclic) bond motifs is 12. The van der Waals surface area contributed by atoms with E-state index in [1.54, 1.807) is 0 Å². The van der Waals surface area contributed by atoms with E-state index in [0.29, 0.717) is 52.4 Å². The minimum absolute atomic E-state index is 0.613. The summed E-state index contributed by atoms with van der Waals surface area (Å²) in [6.07, 6.45) is 7.46. The fourth-order valence-electron chi connectivity index (χ4n) is 19.3. The van der Waals surface area contributed by atoms with Gasteiger partial charge in [-0.15, -0.1) is 0 Å². The number of para-hydroxylation sites is 4. The summed E-state index contributed by atoms with van der Waals surface area (Å²) >= 11 is 0. The fraction of sp³-hybridized carbons (Fsp3) is 0. The maximum absolute atomic E-state index is 5.28. The molecular formula is C129H81N13. The number of benzene rings is 20.